The van der Waals surface area contributed by atoms with Crippen molar-refractivity contribution in [3.63, 3.8) is 0 Å². The van der Waals surface area contributed by atoms with Crippen molar-refractivity contribution < 1.29 is 9.53 Å². The molecule has 0 radical (unpaired) electrons. The number of carbonyl (C=O) groups excluding carboxylic acids is 1. The van der Waals surface area contributed by atoms with Gasteiger partial charge in [0.15, 0.2) is 0 Å². The van der Waals surface area contributed by atoms with E-state index in [4.69, 9.17) is 4.74 Å². The van der Waals surface area contributed by atoms with E-state index in [-0.39, 0.29) is 5.97 Å². The van der Waals surface area contributed by atoms with E-state index in [1.54, 1.807) is 6.92 Å². The summed E-state index contributed by atoms with van der Waals surface area (Å²) in [7, 11) is 1.92. The molecule has 0 heterocycles. The van der Waals surface area contributed by atoms with E-state index in [2.05, 4.69) is 6.58 Å². The van der Waals surface area contributed by atoms with Gasteiger partial charge in [-0.2, -0.15) is 0 Å². The Morgan fingerprint density at radius 1 is 1.38 bits per heavy atom. The molecule has 0 N–H and O–H groups in total. The molecule has 0 aliphatic carbocycles. The number of rotatable bonds is 5. The molecule has 86 valence electrons. The largest absolute Gasteiger partial charge is 0.463 e. The smallest absolute Gasteiger partial charge is 0.335 e. The molecule has 1 rings (SSSR count). The lowest BCUT2D eigenvalue weighted by Crippen LogP contribution is -2.24. The van der Waals surface area contributed by atoms with Crippen LogP contribution in [0.4, 0.5) is 5.69 Å². The molecule has 0 aliphatic rings. The minimum Gasteiger partial charge on any atom is -0.463 e. The normalized spacial score (nSPS) is 9.62. The van der Waals surface area contributed by atoms with Crippen LogP contribution in [-0.2, 0) is 9.53 Å². The molecule has 0 atom stereocenters. The van der Waals surface area contributed by atoms with Gasteiger partial charge in [-0.05, 0) is 19.1 Å². The van der Waals surface area contributed by atoms with Gasteiger partial charge in [-0.15, -0.1) is 0 Å². The van der Waals surface area contributed by atoms with Gasteiger partial charge in [0.2, 0.25) is 0 Å². The molecule has 16 heavy (non-hydrogen) atoms. The van der Waals surface area contributed by atoms with Crippen molar-refractivity contribution in [2.24, 2.45) is 0 Å². The molecular weight excluding hydrogens is 202 g/mol. The summed E-state index contributed by atoms with van der Waals surface area (Å²) in [6.45, 7) is 6.36. The summed E-state index contributed by atoms with van der Waals surface area (Å²) in [5.41, 5.74) is 1.51. The second-order valence-electron chi connectivity index (χ2n) is 3.52. The third-order valence-corrected chi connectivity index (χ3v) is 2.19. The first-order valence-electron chi connectivity index (χ1n) is 5.26. The lowest BCUT2D eigenvalue weighted by atomic mass is 10.2. The maximum Gasteiger partial charge on any atom is 0.335 e. The second kappa shape index (κ2) is 5.95. The Balaban J connectivity index is 2.55. The predicted octanol–water partition coefficient (Wildman–Crippen LogP) is 2.24. The Hall–Kier alpha value is -1.77. The molecule has 0 saturated carbocycles. The van der Waals surface area contributed by atoms with E-state index in [1.807, 2.05) is 42.3 Å². The van der Waals surface area contributed by atoms with Crippen molar-refractivity contribution in [3.05, 3.63) is 42.5 Å². The monoisotopic (exact) mass is 219 g/mol. The predicted molar refractivity (Wildman–Crippen MR) is 65.5 cm³/mol. The van der Waals surface area contributed by atoms with Crippen LogP contribution in [0.2, 0.25) is 0 Å². The third-order valence-electron chi connectivity index (χ3n) is 2.19. The summed E-state index contributed by atoms with van der Waals surface area (Å²) in [5, 5.41) is 0. The van der Waals surface area contributed by atoms with Crippen LogP contribution in [0.1, 0.15) is 6.92 Å². The van der Waals surface area contributed by atoms with Crippen molar-refractivity contribution in [1.82, 2.24) is 0 Å². The summed E-state index contributed by atoms with van der Waals surface area (Å²) in [6.07, 6.45) is 0. The molecule has 0 spiro atoms. The van der Waals surface area contributed by atoms with Crippen LogP contribution in [0.25, 0.3) is 0 Å². The van der Waals surface area contributed by atoms with Gasteiger partial charge in [-0.1, -0.05) is 24.8 Å². The number of nitrogens with zero attached hydrogens (tertiary/aromatic N) is 1. The summed E-state index contributed by atoms with van der Waals surface area (Å²) >= 11 is 0. The van der Waals surface area contributed by atoms with Gasteiger partial charge in [-0.25, -0.2) is 4.79 Å². The minimum absolute atomic E-state index is 0.328. The lowest BCUT2D eigenvalue weighted by molar-refractivity contribution is -0.138. The zero-order valence-electron chi connectivity index (χ0n) is 9.77. The number of carbonyl (C=O) groups is 1. The van der Waals surface area contributed by atoms with Gasteiger partial charge in [0.1, 0.15) is 0 Å². The average Bonchev–Trinajstić information content (AvgIpc) is 2.30. The first kappa shape index (κ1) is 12.3. The highest BCUT2D eigenvalue weighted by atomic mass is 16.5. The summed E-state index contributed by atoms with van der Waals surface area (Å²) in [6, 6.07) is 9.84. The highest BCUT2D eigenvalue weighted by Crippen LogP contribution is 2.12. The maximum absolute atomic E-state index is 11.4. The van der Waals surface area contributed by atoms with Gasteiger partial charge in [0, 0.05) is 24.9 Å². The van der Waals surface area contributed by atoms with Crippen LogP contribution in [0.5, 0.6) is 0 Å². The topological polar surface area (TPSA) is 29.5 Å². The third kappa shape index (κ3) is 3.42. The summed E-state index contributed by atoms with van der Waals surface area (Å²) < 4.78 is 4.88. The van der Waals surface area contributed by atoms with Gasteiger partial charge < -0.3 is 9.64 Å². The zero-order valence-corrected chi connectivity index (χ0v) is 9.77. The van der Waals surface area contributed by atoms with Crippen molar-refractivity contribution in [1.29, 1.82) is 0 Å². The summed E-state index contributed by atoms with van der Waals surface area (Å²) in [5.74, 6) is -0.328. The van der Waals surface area contributed by atoms with E-state index < -0.39 is 0 Å². The van der Waals surface area contributed by atoms with Crippen LogP contribution >= 0.6 is 0 Å². The van der Waals surface area contributed by atoms with Crippen LogP contribution in [-0.4, -0.2) is 26.2 Å². The Morgan fingerprint density at radius 3 is 2.56 bits per heavy atom. The molecule has 0 aliphatic heterocycles. The fourth-order valence-electron chi connectivity index (χ4n) is 1.36. The highest BCUT2D eigenvalue weighted by molar-refractivity contribution is 5.88. The first-order valence-corrected chi connectivity index (χ1v) is 5.26. The molecule has 3 heteroatoms. The fraction of sp³-hybridized carbons (Fsp3) is 0.308. The van der Waals surface area contributed by atoms with Gasteiger partial charge in [-0.3, -0.25) is 0 Å². The number of likely N-dealkylation sites (N-methyl/N-ethyl adjacent to an activating group) is 1. The zero-order chi connectivity index (χ0) is 12.0. The molecule has 1 aromatic carbocycles. The Kier molecular flexibility index (Phi) is 4.58. The minimum atomic E-state index is -0.328. The molecule has 0 fully saturated rings. The molecular formula is C13H17NO2. The van der Waals surface area contributed by atoms with E-state index in [0.29, 0.717) is 18.7 Å². The summed E-state index contributed by atoms with van der Waals surface area (Å²) in [4.78, 5) is 13.3. The van der Waals surface area contributed by atoms with Crippen molar-refractivity contribution >= 4 is 11.7 Å². The number of benzene rings is 1. The molecule has 3 nitrogen and oxygen atoms in total. The number of hydrogen-bond donors (Lipinski definition) is 0. The molecule has 0 unspecified atom stereocenters. The van der Waals surface area contributed by atoms with Crippen molar-refractivity contribution in [2.45, 2.75) is 6.92 Å². The molecule has 0 bridgehead atoms. The van der Waals surface area contributed by atoms with E-state index in [9.17, 15) is 4.79 Å². The Morgan fingerprint density at radius 2 is 2.00 bits per heavy atom. The van der Waals surface area contributed by atoms with E-state index >= 15 is 0 Å². The van der Waals surface area contributed by atoms with Crippen molar-refractivity contribution in [3.8, 4) is 0 Å². The van der Waals surface area contributed by atoms with E-state index in [0.717, 1.165) is 5.69 Å². The Bertz CT molecular complexity index is 359. The van der Waals surface area contributed by atoms with Gasteiger partial charge in [0.05, 0.1) is 6.61 Å². The van der Waals surface area contributed by atoms with Crippen LogP contribution in [0.3, 0.4) is 0 Å². The SMILES string of the molecule is C=C(CN(C)c1ccccc1)C(=O)OCC. The van der Waals surface area contributed by atoms with Crippen LogP contribution in [0, 0.1) is 0 Å². The molecule has 1 aromatic rings. The average molecular weight is 219 g/mol. The van der Waals surface area contributed by atoms with Gasteiger partial charge in [0.25, 0.3) is 0 Å². The fourth-order valence-corrected chi connectivity index (χ4v) is 1.36. The standard InChI is InChI=1S/C13H17NO2/c1-4-16-13(15)11(2)10-14(3)12-8-6-5-7-9-12/h5-9H,2,4,10H2,1,3H3. The van der Waals surface area contributed by atoms with Crippen LogP contribution in [0.15, 0.2) is 42.5 Å². The number of esters is 1. The van der Waals surface area contributed by atoms with E-state index in [1.165, 1.54) is 0 Å². The quantitative estimate of drug-likeness (QED) is 0.562. The number of para-hydroxylation sites is 1. The number of anilines is 1. The molecule has 0 saturated heterocycles. The lowest BCUT2D eigenvalue weighted by Gasteiger charge is -2.19. The van der Waals surface area contributed by atoms with Crippen molar-refractivity contribution in [2.75, 3.05) is 25.1 Å². The number of hydrogen-bond acceptors (Lipinski definition) is 3. The molecule has 0 amide bonds. The first-order chi connectivity index (χ1) is 7.65. The van der Waals surface area contributed by atoms with Gasteiger partial charge >= 0.3 is 5.97 Å². The number of ether oxygens (including phenoxy) is 1. The van der Waals surface area contributed by atoms with Crippen LogP contribution < -0.4 is 4.90 Å². The molecule has 0 aromatic heterocycles. The highest BCUT2D eigenvalue weighted by Gasteiger charge is 2.10. The maximum atomic E-state index is 11.4. The Labute approximate surface area is 96.3 Å². The second-order valence-corrected chi connectivity index (χ2v) is 3.52.